The number of ether oxygens (including phenoxy) is 3. The maximum absolute atomic E-state index is 12.2. The molecule has 0 atom stereocenters. The monoisotopic (exact) mass is 500 g/mol. The van der Waals surface area contributed by atoms with Gasteiger partial charge in [-0.15, -0.1) is 0 Å². The zero-order chi connectivity index (χ0) is 26.3. The van der Waals surface area contributed by atoms with Crippen LogP contribution in [-0.2, 0) is 33.4 Å². The summed E-state index contributed by atoms with van der Waals surface area (Å²) >= 11 is 0. The van der Waals surface area contributed by atoms with Crippen LogP contribution >= 0.6 is 0 Å². The molecular formula is C26H48N2O7. The smallest absolute Gasteiger partial charge is 0.305 e. The van der Waals surface area contributed by atoms with Crippen molar-refractivity contribution in [2.45, 2.75) is 90.9 Å². The Morgan fingerprint density at radius 3 is 1.34 bits per heavy atom. The van der Waals surface area contributed by atoms with Crippen LogP contribution in [0.2, 0.25) is 0 Å². The van der Waals surface area contributed by atoms with E-state index in [9.17, 15) is 19.2 Å². The molecular weight excluding hydrogens is 452 g/mol. The van der Waals surface area contributed by atoms with E-state index < -0.39 is 0 Å². The topological polar surface area (TPSA) is 102 Å². The molecule has 0 unspecified atom stereocenters. The SMILES string of the molecule is CCCCOC(=O)CCCCCN(C)C(=O)COCC(=O)N(C)CCCCCC(=O)OCCCC. The first-order valence-corrected chi connectivity index (χ1v) is 13.2. The van der Waals surface area contributed by atoms with Gasteiger partial charge >= 0.3 is 11.9 Å². The van der Waals surface area contributed by atoms with E-state index in [1.807, 2.05) is 0 Å². The van der Waals surface area contributed by atoms with Gasteiger partial charge in [0.05, 0.1) is 13.2 Å². The highest BCUT2D eigenvalue weighted by atomic mass is 16.5. The molecule has 9 heteroatoms. The van der Waals surface area contributed by atoms with Crippen molar-refractivity contribution >= 4 is 23.8 Å². The molecule has 0 aliphatic rings. The maximum atomic E-state index is 12.2. The Hall–Kier alpha value is -2.16. The Bertz CT molecular complexity index is 548. The van der Waals surface area contributed by atoms with Crippen molar-refractivity contribution in [1.29, 1.82) is 0 Å². The second-order valence-corrected chi connectivity index (χ2v) is 8.89. The quantitative estimate of drug-likeness (QED) is 0.165. The number of amides is 2. The van der Waals surface area contributed by atoms with Crippen LogP contribution < -0.4 is 0 Å². The minimum Gasteiger partial charge on any atom is -0.466 e. The number of hydrogen-bond acceptors (Lipinski definition) is 7. The van der Waals surface area contributed by atoms with Gasteiger partial charge in [0, 0.05) is 40.0 Å². The molecule has 0 radical (unpaired) electrons. The lowest BCUT2D eigenvalue weighted by Crippen LogP contribution is -2.35. The fourth-order valence-electron chi connectivity index (χ4n) is 3.09. The molecule has 35 heavy (non-hydrogen) atoms. The van der Waals surface area contributed by atoms with Crippen molar-refractivity contribution in [2.75, 3.05) is 53.6 Å². The van der Waals surface area contributed by atoms with E-state index in [0.717, 1.165) is 64.2 Å². The molecule has 0 aromatic rings. The number of rotatable bonds is 22. The van der Waals surface area contributed by atoms with E-state index in [1.54, 1.807) is 23.9 Å². The van der Waals surface area contributed by atoms with E-state index in [0.29, 0.717) is 39.1 Å². The van der Waals surface area contributed by atoms with Gasteiger partial charge in [0.1, 0.15) is 13.2 Å². The third-order valence-corrected chi connectivity index (χ3v) is 5.57. The van der Waals surface area contributed by atoms with Crippen molar-refractivity contribution in [2.24, 2.45) is 0 Å². The summed E-state index contributed by atoms with van der Waals surface area (Å²) in [4.78, 5) is 50.6. The van der Waals surface area contributed by atoms with Crippen LogP contribution in [0.3, 0.4) is 0 Å². The highest BCUT2D eigenvalue weighted by Gasteiger charge is 2.13. The molecule has 0 aromatic heterocycles. The van der Waals surface area contributed by atoms with E-state index in [-0.39, 0.29) is 37.0 Å². The molecule has 0 saturated heterocycles. The number of hydrogen-bond donors (Lipinski definition) is 0. The summed E-state index contributed by atoms with van der Waals surface area (Å²) in [6.07, 6.45) is 9.35. The van der Waals surface area contributed by atoms with Gasteiger partial charge < -0.3 is 24.0 Å². The lowest BCUT2D eigenvalue weighted by Gasteiger charge is -2.19. The summed E-state index contributed by atoms with van der Waals surface area (Å²) in [5.41, 5.74) is 0. The van der Waals surface area contributed by atoms with Crippen LogP contribution in [0.1, 0.15) is 90.9 Å². The van der Waals surface area contributed by atoms with Crippen LogP contribution in [0.5, 0.6) is 0 Å². The van der Waals surface area contributed by atoms with Crippen LogP contribution in [-0.4, -0.2) is 87.2 Å². The Morgan fingerprint density at radius 1 is 0.571 bits per heavy atom. The summed E-state index contributed by atoms with van der Waals surface area (Å²) < 4.78 is 15.5. The van der Waals surface area contributed by atoms with Crippen LogP contribution in [0.4, 0.5) is 0 Å². The number of nitrogens with zero attached hydrogens (tertiary/aromatic N) is 2. The third-order valence-electron chi connectivity index (χ3n) is 5.57. The van der Waals surface area contributed by atoms with Crippen LogP contribution in [0, 0.1) is 0 Å². The van der Waals surface area contributed by atoms with Gasteiger partial charge in [0.25, 0.3) is 0 Å². The zero-order valence-corrected chi connectivity index (χ0v) is 22.5. The number of unbranched alkanes of at least 4 members (excludes halogenated alkanes) is 6. The molecule has 0 aliphatic heterocycles. The molecule has 0 saturated carbocycles. The number of likely N-dealkylation sites (N-methyl/N-ethyl adjacent to an activating group) is 2. The predicted octanol–water partition coefficient (Wildman–Crippen LogP) is 3.73. The Labute approximate surface area is 211 Å². The van der Waals surface area contributed by atoms with Gasteiger partial charge in [-0.1, -0.05) is 39.5 Å². The maximum Gasteiger partial charge on any atom is 0.305 e. The van der Waals surface area contributed by atoms with Gasteiger partial charge in [0.2, 0.25) is 11.8 Å². The minimum atomic E-state index is -0.176. The normalized spacial score (nSPS) is 10.6. The van der Waals surface area contributed by atoms with Gasteiger partial charge in [-0.05, 0) is 38.5 Å². The average Bonchev–Trinajstić information content (AvgIpc) is 2.83. The fourth-order valence-corrected chi connectivity index (χ4v) is 3.09. The van der Waals surface area contributed by atoms with Crippen molar-refractivity contribution in [3.8, 4) is 0 Å². The Kier molecular flexibility index (Phi) is 20.9. The third kappa shape index (κ3) is 19.8. The van der Waals surface area contributed by atoms with Crippen LogP contribution in [0.25, 0.3) is 0 Å². The predicted molar refractivity (Wildman–Crippen MR) is 135 cm³/mol. The van der Waals surface area contributed by atoms with Crippen molar-refractivity contribution < 1.29 is 33.4 Å². The second-order valence-electron chi connectivity index (χ2n) is 8.89. The lowest BCUT2D eigenvalue weighted by molar-refractivity contribution is -0.144. The highest BCUT2D eigenvalue weighted by Crippen LogP contribution is 2.05. The Morgan fingerprint density at radius 2 is 0.971 bits per heavy atom. The van der Waals surface area contributed by atoms with Crippen molar-refractivity contribution in [1.82, 2.24) is 9.80 Å². The number of carbonyl (C=O) groups is 4. The molecule has 9 nitrogen and oxygen atoms in total. The molecule has 0 aromatic carbocycles. The molecule has 0 aliphatic carbocycles. The van der Waals surface area contributed by atoms with Crippen molar-refractivity contribution in [3.63, 3.8) is 0 Å². The van der Waals surface area contributed by atoms with Gasteiger partial charge in [-0.3, -0.25) is 19.2 Å². The zero-order valence-electron chi connectivity index (χ0n) is 22.5. The Balaban J connectivity index is 3.76. The molecule has 2 amide bonds. The standard InChI is InChI=1S/C26H48N2O7/c1-5-7-19-34-25(31)15-11-9-13-17-27(3)23(29)21-33-22-24(30)28(4)18-14-10-12-16-26(32)35-20-8-6-2/h5-22H2,1-4H3. The van der Waals surface area contributed by atoms with Crippen molar-refractivity contribution in [3.05, 3.63) is 0 Å². The lowest BCUT2D eigenvalue weighted by atomic mass is 10.2. The first-order valence-electron chi connectivity index (χ1n) is 13.2. The van der Waals surface area contributed by atoms with Gasteiger partial charge in [-0.2, -0.15) is 0 Å². The van der Waals surface area contributed by atoms with E-state index in [1.165, 1.54) is 0 Å². The first-order chi connectivity index (χ1) is 16.8. The first kappa shape index (κ1) is 32.8. The molecule has 0 N–H and O–H groups in total. The summed E-state index contributed by atoms with van der Waals surface area (Å²) in [7, 11) is 3.41. The molecule has 0 bridgehead atoms. The average molecular weight is 501 g/mol. The number of carbonyl (C=O) groups excluding carboxylic acids is 4. The minimum absolute atomic E-state index is 0.139. The summed E-state index contributed by atoms with van der Waals surface area (Å²) in [6.45, 7) is 5.95. The largest absolute Gasteiger partial charge is 0.466 e. The summed E-state index contributed by atoms with van der Waals surface area (Å²) in [5, 5.41) is 0. The fraction of sp³-hybridized carbons (Fsp3) is 0.846. The van der Waals surface area contributed by atoms with Gasteiger partial charge in [0.15, 0.2) is 0 Å². The summed E-state index contributed by atoms with van der Waals surface area (Å²) in [5.74, 6) is -0.669. The molecule has 0 fully saturated rings. The molecule has 0 spiro atoms. The van der Waals surface area contributed by atoms with E-state index in [2.05, 4.69) is 13.8 Å². The van der Waals surface area contributed by atoms with Crippen LogP contribution in [0.15, 0.2) is 0 Å². The summed E-state index contributed by atoms with van der Waals surface area (Å²) in [6, 6.07) is 0. The number of esters is 2. The van der Waals surface area contributed by atoms with Gasteiger partial charge in [-0.25, -0.2) is 0 Å². The molecule has 0 rings (SSSR count). The second kappa shape index (κ2) is 22.3. The highest BCUT2D eigenvalue weighted by molar-refractivity contribution is 5.79. The van der Waals surface area contributed by atoms with E-state index >= 15 is 0 Å². The molecule has 0 heterocycles. The molecule has 204 valence electrons. The van der Waals surface area contributed by atoms with E-state index in [4.69, 9.17) is 14.2 Å².